The number of amides is 1. The number of carbonyl (C=O) groups excluding carboxylic acids is 1. The minimum Gasteiger partial charge on any atom is -0.367 e. The highest BCUT2D eigenvalue weighted by Crippen LogP contribution is 2.21. The fourth-order valence-corrected chi connectivity index (χ4v) is 2.59. The number of rotatable bonds is 6. The fourth-order valence-electron chi connectivity index (χ4n) is 1.76. The third-order valence-corrected chi connectivity index (χ3v) is 3.77. The molecule has 2 aromatic rings. The summed E-state index contributed by atoms with van der Waals surface area (Å²) in [5, 5.41) is 6.55. The highest BCUT2D eigenvalue weighted by Gasteiger charge is 2.05. The van der Waals surface area contributed by atoms with E-state index in [0.717, 1.165) is 4.47 Å². The van der Waals surface area contributed by atoms with Crippen LogP contribution in [-0.4, -0.2) is 28.5 Å². The van der Waals surface area contributed by atoms with Crippen molar-refractivity contribution >= 4 is 50.9 Å². The van der Waals surface area contributed by atoms with Gasteiger partial charge in [0.1, 0.15) is 12.4 Å². The first-order valence-corrected chi connectivity index (χ1v) is 8.18. The van der Waals surface area contributed by atoms with E-state index in [-0.39, 0.29) is 18.0 Å². The van der Waals surface area contributed by atoms with Gasteiger partial charge >= 0.3 is 0 Å². The first-order chi connectivity index (χ1) is 11.0. The van der Waals surface area contributed by atoms with Gasteiger partial charge in [-0.1, -0.05) is 23.2 Å². The smallest absolute Gasteiger partial charge is 0.251 e. The van der Waals surface area contributed by atoms with Crippen molar-refractivity contribution < 1.29 is 4.79 Å². The van der Waals surface area contributed by atoms with Gasteiger partial charge in [-0.25, -0.2) is 4.98 Å². The van der Waals surface area contributed by atoms with Gasteiger partial charge < -0.3 is 15.2 Å². The molecule has 9 heteroatoms. The van der Waals surface area contributed by atoms with Gasteiger partial charge in [0.05, 0.1) is 10.0 Å². The molecular weight excluding hydrogens is 407 g/mol. The van der Waals surface area contributed by atoms with Crippen LogP contribution in [0.25, 0.3) is 0 Å². The molecule has 0 aliphatic rings. The topological polar surface area (TPSA) is 76.0 Å². The molecule has 0 unspecified atom stereocenters. The molecule has 2 aromatic heterocycles. The second-order valence-electron chi connectivity index (χ2n) is 4.57. The van der Waals surface area contributed by atoms with Gasteiger partial charge in [-0.3, -0.25) is 9.59 Å². The third-order valence-electron chi connectivity index (χ3n) is 2.81. The minimum atomic E-state index is -0.262. The van der Waals surface area contributed by atoms with Crippen LogP contribution in [0.1, 0.15) is 0 Å². The fraction of sp³-hybridized carbons (Fsp3) is 0.214. The molecule has 2 heterocycles. The first kappa shape index (κ1) is 17.8. The zero-order valence-electron chi connectivity index (χ0n) is 11.9. The predicted octanol–water partition coefficient (Wildman–Crippen LogP) is 2.54. The van der Waals surface area contributed by atoms with Crippen molar-refractivity contribution in [1.82, 2.24) is 14.9 Å². The Labute approximate surface area is 150 Å². The Morgan fingerprint density at radius 2 is 2.09 bits per heavy atom. The summed E-state index contributed by atoms with van der Waals surface area (Å²) in [6, 6.07) is 4.60. The van der Waals surface area contributed by atoms with Crippen molar-refractivity contribution in [3.63, 3.8) is 0 Å². The monoisotopic (exact) mass is 418 g/mol. The molecule has 0 bridgehead atoms. The largest absolute Gasteiger partial charge is 0.367 e. The summed E-state index contributed by atoms with van der Waals surface area (Å²) in [5.41, 5.74) is -0.237. The molecule has 0 aliphatic heterocycles. The van der Waals surface area contributed by atoms with E-state index in [4.69, 9.17) is 23.2 Å². The lowest BCUT2D eigenvalue weighted by atomic mass is 10.4. The number of carbonyl (C=O) groups is 1. The number of hydrogen-bond acceptors (Lipinski definition) is 4. The maximum absolute atomic E-state index is 11.8. The molecular formula is C14H13BrCl2N4O2. The number of aromatic nitrogens is 2. The van der Waals surface area contributed by atoms with Crippen LogP contribution in [-0.2, 0) is 11.3 Å². The normalized spacial score (nSPS) is 10.4. The summed E-state index contributed by atoms with van der Waals surface area (Å²) >= 11 is 15.0. The summed E-state index contributed by atoms with van der Waals surface area (Å²) in [6.45, 7) is 0.758. The molecule has 0 atom stereocenters. The Hall–Kier alpha value is -1.57. The van der Waals surface area contributed by atoms with Crippen LogP contribution >= 0.6 is 39.1 Å². The van der Waals surface area contributed by atoms with E-state index in [0.29, 0.717) is 29.0 Å². The van der Waals surface area contributed by atoms with Crippen molar-refractivity contribution in [1.29, 1.82) is 0 Å². The number of nitrogens with zero attached hydrogens (tertiary/aromatic N) is 2. The Balaban J connectivity index is 1.79. The highest BCUT2D eigenvalue weighted by atomic mass is 79.9. The summed E-state index contributed by atoms with van der Waals surface area (Å²) < 4.78 is 2.06. The lowest BCUT2D eigenvalue weighted by Gasteiger charge is -2.10. The second kappa shape index (κ2) is 8.33. The lowest BCUT2D eigenvalue weighted by molar-refractivity contribution is -0.121. The van der Waals surface area contributed by atoms with Gasteiger partial charge in [0.2, 0.25) is 5.91 Å². The molecule has 0 aromatic carbocycles. The van der Waals surface area contributed by atoms with Gasteiger partial charge in [-0.15, -0.1) is 0 Å². The zero-order valence-corrected chi connectivity index (χ0v) is 15.0. The van der Waals surface area contributed by atoms with Crippen LogP contribution in [0.15, 0.2) is 39.9 Å². The summed E-state index contributed by atoms with van der Waals surface area (Å²) in [6.07, 6.45) is 3.05. The molecule has 23 heavy (non-hydrogen) atoms. The number of anilines is 1. The molecule has 2 N–H and O–H groups in total. The van der Waals surface area contributed by atoms with Crippen molar-refractivity contribution in [3.05, 3.63) is 55.5 Å². The van der Waals surface area contributed by atoms with Crippen molar-refractivity contribution in [3.8, 4) is 0 Å². The predicted molar refractivity (Wildman–Crippen MR) is 94.2 cm³/mol. The second-order valence-corrected chi connectivity index (χ2v) is 6.33. The van der Waals surface area contributed by atoms with E-state index in [1.807, 2.05) is 0 Å². The molecule has 0 aliphatic carbocycles. The summed E-state index contributed by atoms with van der Waals surface area (Å²) in [5.74, 6) is 0.232. The maximum Gasteiger partial charge on any atom is 0.251 e. The van der Waals surface area contributed by atoms with E-state index in [1.165, 1.54) is 16.8 Å². The average Bonchev–Trinajstić information content (AvgIpc) is 2.49. The molecule has 2 rings (SSSR count). The molecule has 0 saturated carbocycles. The van der Waals surface area contributed by atoms with Crippen molar-refractivity contribution in [2.45, 2.75) is 6.54 Å². The standard InChI is InChI=1S/C14H13BrCl2N4O2/c15-9-1-2-13(23)21(7-9)8-12(22)18-3-4-19-14-11(17)5-10(16)6-20-14/h1-2,5-7H,3-4,8H2,(H,18,22)(H,19,20). The molecule has 122 valence electrons. The SMILES string of the molecule is O=C(Cn1cc(Br)ccc1=O)NCCNc1ncc(Cl)cc1Cl. The Morgan fingerprint density at radius 3 is 2.83 bits per heavy atom. The van der Waals surface area contributed by atoms with Crippen molar-refractivity contribution in [2.75, 3.05) is 18.4 Å². The van der Waals surface area contributed by atoms with Gasteiger partial charge in [-0.2, -0.15) is 0 Å². The molecule has 6 nitrogen and oxygen atoms in total. The Morgan fingerprint density at radius 1 is 1.30 bits per heavy atom. The van der Waals surface area contributed by atoms with E-state index in [9.17, 15) is 9.59 Å². The Kier molecular flexibility index (Phi) is 6.44. The van der Waals surface area contributed by atoms with Gasteiger partial charge in [-0.05, 0) is 28.1 Å². The highest BCUT2D eigenvalue weighted by molar-refractivity contribution is 9.10. The Bertz CT molecular complexity index is 767. The van der Waals surface area contributed by atoms with Crippen LogP contribution in [0.4, 0.5) is 5.82 Å². The van der Waals surface area contributed by atoms with Crippen LogP contribution in [0.3, 0.4) is 0 Å². The van der Waals surface area contributed by atoms with Gasteiger partial charge in [0.25, 0.3) is 5.56 Å². The molecule has 0 spiro atoms. The number of halogens is 3. The van der Waals surface area contributed by atoms with Crippen LogP contribution < -0.4 is 16.2 Å². The zero-order chi connectivity index (χ0) is 16.8. The van der Waals surface area contributed by atoms with Crippen LogP contribution in [0.5, 0.6) is 0 Å². The first-order valence-electron chi connectivity index (χ1n) is 6.63. The molecule has 0 fully saturated rings. The van der Waals surface area contributed by atoms with E-state index < -0.39 is 0 Å². The third kappa shape index (κ3) is 5.53. The van der Waals surface area contributed by atoms with E-state index >= 15 is 0 Å². The van der Waals surface area contributed by atoms with Crippen molar-refractivity contribution in [2.24, 2.45) is 0 Å². The van der Waals surface area contributed by atoms with Crippen LogP contribution in [0, 0.1) is 0 Å². The number of hydrogen-bond donors (Lipinski definition) is 2. The minimum absolute atomic E-state index is 0.0434. The van der Waals surface area contributed by atoms with Gasteiger partial charge in [0.15, 0.2) is 0 Å². The number of pyridine rings is 2. The van der Waals surface area contributed by atoms with E-state index in [2.05, 4.69) is 31.5 Å². The van der Waals surface area contributed by atoms with E-state index in [1.54, 1.807) is 18.3 Å². The maximum atomic E-state index is 11.8. The lowest BCUT2D eigenvalue weighted by Crippen LogP contribution is -2.34. The van der Waals surface area contributed by atoms with Gasteiger partial charge in [0, 0.05) is 36.0 Å². The summed E-state index contributed by atoms with van der Waals surface area (Å²) in [7, 11) is 0. The quantitative estimate of drug-likeness (QED) is 0.705. The van der Waals surface area contributed by atoms with Crippen LogP contribution in [0.2, 0.25) is 10.0 Å². The summed E-state index contributed by atoms with van der Waals surface area (Å²) in [4.78, 5) is 27.5. The molecule has 0 saturated heterocycles. The molecule has 1 amide bonds. The molecule has 0 radical (unpaired) electrons. The average molecular weight is 420 g/mol. The number of nitrogens with one attached hydrogen (secondary N) is 2.